The van der Waals surface area contributed by atoms with E-state index in [4.69, 9.17) is 28.3 Å². The van der Waals surface area contributed by atoms with Gasteiger partial charge < -0.3 is 10.4 Å². The van der Waals surface area contributed by atoms with Crippen LogP contribution in [-0.2, 0) is 16.0 Å². The predicted octanol–water partition coefficient (Wildman–Crippen LogP) is 2.96. The van der Waals surface area contributed by atoms with Crippen molar-refractivity contribution in [3.8, 4) is 0 Å². The maximum absolute atomic E-state index is 11.7. The number of carboxylic acid groups (broad SMARTS) is 1. The highest BCUT2D eigenvalue weighted by atomic mass is 35.5. The van der Waals surface area contributed by atoms with Crippen LogP contribution in [-0.4, -0.2) is 17.0 Å². The third-order valence-corrected chi connectivity index (χ3v) is 3.03. The Morgan fingerprint density at radius 3 is 2.39 bits per heavy atom. The summed E-state index contributed by atoms with van der Waals surface area (Å²) >= 11 is 11.0. The van der Waals surface area contributed by atoms with Crippen LogP contribution < -0.4 is 5.32 Å². The summed E-state index contributed by atoms with van der Waals surface area (Å²) in [5.74, 6) is -2.19. The van der Waals surface area contributed by atoms with Gasteiger partial charge in [0.2, 0.25) is 0 Å². The molecule has 0 aliphatic carbocycles. The smallest absolute Gasteiger partial charge is 0.349 e. The fraction of sp³-hybridized carbons (Fsp3) is 0.167. The molecule has 1 amide bonds. The lowest BCUT2D eigenvalue weighted by atomic mass is 10.1. The van der Waals surface area contributed by atoms with E-state index in [1.165, 1.54) is 0 Å². The zero-order chi connectivity index (χ0) is 13.7. The zero-order valence-corrected chi connectivity index (χ0v) is 11.0. The second kappa shape index (κ2) is 6.42. The van der Waals surface area contributed by atoms with Gasteiger partial charge in [0, 0.05) is 5.69 Å². The molecular weight excluding hydrogens is 277 g/mol. The molecule has 4 nitrogen and oxygen atoms in total. The van der Waals surface area contributed by atoms with Gasteiger partial charge in [0.25, 0.3) is 5.91 Å². The first-order chi connectivity index (χ1) is 8.47. The fourth-order valence-corrected chi connectivity index (χ4v) is 1.54. The van der Waals surface area contributed by atoms with Gasteiger partial charge in [-0.15, -0.1) is 0 Å². The molecular formula is C12H11Cl2NO3. The average molecular weight is 288 g/mol. The van der Waals surface area contributed by atoms with Crippen molar-refractivity contribution in [3.63, 3.8) is 0 Å². The number of para-hydroxylation sites is 1. The van der Waals surface area contributed by atoms with Gasteiger partial charge in [-0.2, -0.15) is 0 Å². The van der Waals surface area contributed by atoms with Crippen LogP contribution in [0.4, 0.5) is 5.69 Å². The van der Waals surface area contributed by atoms with Gasteiger partial charge in [-0.1, -0.05) is 48.3 Å². The van der Waals surface area contributed by atoms with Crippen molar-refractivity contribution in [1.82, 2.24) is 0 Å². The molecule has 0 aromatic heterocycles. The molecule has 0 fully saturated rings. The first kappa shape index (κ1) is 14.5. The number of halogens is 2. The number of aliphatic carboxylic acids is 1. The maximum Gasteiger partial charge on any atom is 0.349 e. The van der Waals surface area contributed by atoms with Crippen LogP contribution in [0.2, 0.25) is 0 Å². The summed E-state index contributed by atoms with van der Waals surface area (Å²) in [5.41, 5.74) is 1.50. The Morgan fingerprint density at radius 1 is 1.22 bits per heavy atom. The van der Waals surface area contributed by atoms with Crippen LogP contribution in [0.25, 0.3) is 0 Å². The van der Waals surface area contributed by atoms with Crippen molar-refractivity contribution in [2.24, 2.45) is 0 Å². The van der Waals surface area contributed by atoms with E-state index in [1.54, 1.807) is 12.1 Å². The Morgan fingerprint density at radius 2 is 1.83 bits per heavy atom. The van der Waals surface area contributed by atoms with E-state index < -0.39 is 21.9 Å². The van der Waals surface area contributed by atoms with Crippen molar-refractivity contribution in [2.45, 2.75) is 13.3 Å². The van der Waals surface area contributed by atoms with Crippen LogP contribution in [0.15, 0.2) is 34.3 Å². The molecule has 96 valence electrons. The van der Waals surface area contributed by atoms with Crippen LogP contribution in [0.1, 0.15) is 12.5 Å². The number of carbonyl (C=O) groups excluding carboxylic acids is 1. The molecule has 0 spiro atoms. The molecule has 0 atom stereocenters. The van der Waals surface area contributed by atoms with E-state index in [0.29, 0.717) is 5.69 Å². The molecule has 0 aliphatic heterocycles. The number of amides is 1. The molecule has 0 heterocycles. The van der Waals surface area contributed by atoms with Gasteiger partial charge in [-0.25, -0.2) is 4.79 Å². The third-order valence-electron chi connectivity index (χ3n) is 2.23. The van der Waals surface area contributed by atoms with Gasteiger partial charge in [0.15, 0.2) is 0 Å². The minimum atomic E-state index is -1.44. The predicted molar refractivity (Wildman–Crippen MR) is 70.8 cm³/mol. The lowest BCUT2D eigenvalue weighted by molar-refractivity contribution is -0.132. The van der Waals surface area contributed by atoms with Crippen LogP contribution in [0.5, 0.6) is 0 Å². The highest BCUT2D eigenvalue weighted by molar-refractivity contribution is 6.54. The Bertz CT molecular complexity index is 512. The van der Waals surface area contributed by atoms with E-state index in [9.17, 15) is 9.59 Å². The number of aryl methyl sites for hydroxylation is 1. The monoisotopic (exact) mass is 287 g/mol. The normalized spacial score (nSPS) is 11.7. The minimum Gasteiger partial charge on any atom is -0.477 e. The molecule has 0 saturated carbocycles. The SMILES string of the molecule is CCc1ccccc1NC(=O)C(Cl)=C(Cl)C(=O)O. The van der Waals surface area contributed by atoms with Crippen molar-refractivity contribution in [3.05, 3.63) is 39.9 Å². The number of nitrogens with one attached hydrogen (secondary N) is 1. The number of rotatable bonds is 4. The summed E-state index contributed by atoms with van der Waals surface area (Å²) in [6, 6.07) is 7.16. The average Bonchev–Trinajstić information content (AvgIpc) is 2.37. The summed E-state index contributed by atoms with van der Waals surface area (Å²) in [5, 5.41) is 9.88. The zero-order valence-electron chi connectivity index (χ0n) is 9.54. The van der Waals surface area contributed by atoms with Crippen LogP contribution in [0.3, 0.4) is 0 Å². The van der Waals surface area contributed by atoms with E-state index in [-0.39, 0.29) is 0 Å². The highest BCUT2D eigenvalue weighted by Gasteiger charge is 2.17. The highest BCUT2D eigenvalue weighted by Crippen LogP contribution is 2.20. The van der Waals surface area contributed by atoms with E-state index in [1.807, 2.05) is 19.1 Å². The van der Waals surface area contributed by atoms with Gasteiger partial charge in [0.1, 0.15) is 10.1 Å². The second-order valence-corrected chi connectivity index (χ2v) is 4.15. The molecule has 0 radical (unpaired) electrons. The lowest BCUT2D eigenvalue weighted by Crippen LogP contribution is -2.15. The summed E-state index contributed by atoms with van der Waals surface area (Å²) in [6.45, 7) is 1.94. The molecule has 0 saturated heterocycles. The molecule has 2 N–H and O–H groups in total. The summed E-state index contributed by atoms with van der Waals surface area (Å²) < 4.78 is 0. The summed E-state index contributed by atoms with van der Waals surface area (Å²) in [6.07, 6.45) is 0.727. The molecule has 6 heteroatoms. The Kier molecular flexibility index (Phi) is 5.19. The Labute approximate surface area is 114 Å². The lowest BCUT2D eigenvalue weighted by Gasteiger charge is -2.09. The molecule has 0 bridgehead atoms. The van der Waals surface area contributed by atoms with Crippen molar-refractivity contribution >= 4 is 40.8 Å². The quantitative estimate of drug-likeness (QED) is 0.837. The molecule has 1 rings (SSSR count). The van der Waals surface area contributed by atoms with Crippen molar-refractivity contribution in [1.29, 1.82) is 0 Å². The van der Waals surface area contributed by atoms with E-state index in [0.717, 1.165) is 12.0 Å². The first-order valence-corrected chi connectivity index (χ1v) is 5.90. The third kappa shape index (κ3) is 3.48. The van der Waals surface area contributed by atoms with Crippen LogP contribution >= 0.6 is 23.2 Å². The number of carboxylic acids is 1. The number of hydrogen-bond acceptors (Lipinski definition) is 2. The van der Waals surface area contributed by atoms with Crippen molar-refractivity contribution in [2.75, 3.05) is 5.32 Å². The Balaban J connectivity index is 2.95. The first-order valence-electron chi connectivity index (χ1n) is 5.15. The molecule has 1 aromatic rings. The Hall–Kier alpha value is -1.52. The standard InChI is InChI=1S/C12H11Cl2NO3/c1-2-7-5-3-4-6-8(7)15-11(16)9(13)10(14)12(17)18/h3-6H,2H2,1H3,(H,15,16)(H,17,18). The summed E-state index contributed by atoms with van der Waals surface area (Å²) in [4.78, 5) is 22.2. The van der Waals surface area contributed by atoms with Gasteiger partial charge in [0.05, 0.1) is 0 Å². The number of anilines is 1. The number of hydrogen-bond donors (Lipinski definition) is 2. The molecule has 0 unspecified atom stereocenters. The topological polar surface area (TPSA) is 66.4 Å². The van der Waals surface area contributed by atoms with E-state index >= 15 is 0 Å². The molecule has 1 aromatic carbocycles. The second-order valence-electron chi connectivity index (χ2n) is 3.40. The number of carbonyl (C=O) groups is 2. The van der Waals surface area contributed by atoms with Gasteiger partial charge >= 0.3 is 5.97 Å². The molecule has 18 heavy (non-hydrogen) atoms. The summed E-state index contributed by atoms with van der Waals surface area (Å²) in [7, 11) is 0. The van der Waals surface area contributed by atoms with Gasteiger partial charge in [-0.05, 0) is 18.1 Å². The number of benzene rings is 1. The van der Waals surface area contributed by atoms with Gasteiger partial charge in [-0.3, -0.25) is 4.79 Å². The maximum atomic E-state index is 11.7. The minimum absolute atomic E-state index is 0.546. The largest absolute Gasteiger partial charge is 0.477 e. The van der Waals surface area contributed by atoms with Crippen molar-refractivity contribution < 1.29 is 14.7 Å². The fourth-order valence-electron chi connectivity index (χ4n) is 1.32. The van der Waals surface area contributed by atoms with Crippen LogP contribution in [0, 0.1) is 0 Å². The van der Waals surface area contributed by atoms with E-state index in [2.05, 4.69) is 5.32 Å². The molecule has 0 aliphatic rings.